The number of carbonyl (C=O) groups is 3. The van der Waals surface area contributed by atoms with Crippen LogP contribution >= 0.6 is 0 Å². The van der Waals surface area contributed by atoms with Crippen LogP contribution in [0.2, 0.25) is 0 Å². The van der Waals surface area contributed by atoms with Crippen molar-refractivity contribution >= 4 is 29.6 Å². The third-order valence-corrected chi connectivity index (χ3v) is 3.79. The van der Waals surface area contributed by atoms with Crippen LogP contribution in [0, 0.1) is 5.82 Å². The molecule has 3 N–H and O–H groups in total. The smallest absolute Gasteiger partial charge is 0.325 e. The summed E-state index contributed by atoms with van der Waals surface area (Å²) in [6.45, 7) is -0.531. The van der Waals surface area contributed by atoms with Crippen molar-refractivity contribution in [2.24, 2.45) is 4.99 Å². The monoisotopic (exact) mass is 335 g/mol. The molecular weight excluding hydrogens is 321 g/mol. The van der Waals surface area contributed by atoms with E-state index in [2.05, 4.69) is 15.6 Å². The second-order valence-corrected chi connectivity index (χ2v) is 5.34. The van der Waals surface area contributed by atoms with E-state index in [1.54, 1.807) is 6.07 Å². The molecule has 2 atom stereocenters. The highest BCUT2D eigenvalue weighted by atomic mass is 19.1. The number of guanidine groups is 1. The zero-order valence-electron chi connectivity index (χ0n) is 12.6. The predicted molar refractivity (Wildman–Crippen MR) is 80.7 cm³/mol. The number of carboxylic acid groups (broad SMARTS) is 1. The number of imide groups is 1. The molecule has 3 amide bonds. The Balaban J connectivity index is 1.96. The maximum absolute atomic E-state index is 13.8. The first kappa shape index (κ1) is 15.7. The first-order chi connectivity index (χ1) is 11.4. The predicted octanol–water partition coefficient (Wildman–Crippen LogP) is -0.130. The van der Waals surface area contributed by atoms with E-state index >= 15 is 0 Å². The van der Waals surface area contributed by atoms with E-state index in [0.29, 0.717) is 0 Å². The molecule has 0 spiro atoms. The lowest BCUT2D eigenvalue weighted by molar-refractivity contribution is -0.138. The van der Waals surface area contributed by atoms with Crippen LogP contribution in [-0.4, -0.2) is 64.6 Å². The van der Waals surface area contributed by atoms with Crippen molar-refractivity contribution in [1.82, 2.24) is 15.1 Å². The van der Waals surface area contributed by atoms with E-state index in [1.807, 2.05) is 0 Å². The molecule has 9 nitrogen and oxygen atoms in total. The molecule has 2 unspecified atom stereocenters. The fourth-order valence-corrected chi connectivity index (χ4v) is 2.63. The highest BCUT2D eigenvalue weighted by Gasteiger charge is 2.49. The molecule has 2 aliphatic rings. The van der Waals surface area contributed by atoms with Crippen LogP contribution < -0.4 is 10.6 Å². The maximum atomic E-state index is 13.8. The Morgan fingerprint density at radius 1 is 1.42 bits per heavy atom. The molecular formula is C14H14FN5O4. The summed E-state index contributed by atoms with van der Waals surface area (Å²) in [5.74, 6) is -2.39. The number of carboxylic acids is 1. The number of amides is 3. The summed E-state index contributed by atoms with van der Waals surface area (Å²) in [6, 6.07) is 4.15. The minimum absolute atomic E-state index is 0.00852. The van der Waals surface area contributed by atoms with E-state index in [0.717, 1.165) is 0 Å². The van der Waals surface area contributed by atoms with Gasteiger partial charge in [-0.25, -0.2) is 14.2 Å². The zero-order chi connectivity index (χ0) is 17.4. The molecule has 3 rings (SSSR count). The van der Waals surface area contributed by atoms with Crippen molar-refractivity contribution in [1.29, 1.82) is 0 Å². The van der Waals surface area contributed by atoms with E-state index < -0.39 is 42.5 Å². The molecule has 126 valence electrons. The fourth-order valence-electron chi connectivity index (χ4n) is 2.63. The van der Waals surface area contributed by atoms with Crippen molar-refractivity contribution in [3.05, 3.63) is 30.1 Å². The first-order valence-electron chi connectivity index (χ1n) is 7.04. The average Bonchev–Trinajstić information content (AvgIpc) is 2.86. The van der Waals surface area contributed by atoms with Crippen LogP contribution in [0.25, 0.3) is 0 Å². The number of aliphatic carboxylic acids is 1. The Hall–Kier alpha value is -3.17. The number of hydrogen-bond donors (Lipinski definition) is 3. The zero-order valence-corrected chi connectivity index (χ0v) is 12.6. The van der Waals surface area contributed by atoms with E-state index in [-0.39, 0.29) is 11.6 Å². The van der Waals surface area contributed by atoms with Gasteiger partial charge in [-0.3, -0.25) is 14.9 Å². The molecule has 10 heteroatoms. The van der Waals surface area contributed by atoms with Crippen molar-refractivity contribution in [3.8, 4) is 0 Å². The molecule has 1 aromatic rings. The van der Waals surface area contributed by atoms with E-state index in [4.69, 9.17) is 5.11 Å². The van der Waals surface area contributed by atoms with Gasteiger partial charge in [0.1, 0.15) is 12.4 Å². The number of urea groups is 1. The second-order valence-electron chi connectivity index (χ2n) is 5.34. The van der Waals surface area contributed by atoms with Gasteiger partial charge in [-0.15, -0.1) is 0 Å². The Bertz CT molecular complexity index is 752. The Morgan fingerprint density at radius 2 is 2.12 bits per heavy atom. The minimum Gasteiger partial charge on any atom is -0.480 e. The standard InChI is InChI=1S/C14H14FN5O4/c1-19-11-10(12(23)18-14(19)24)20(6-9(21)22)13(17-11)16-8-5-3-2-4-7(8)15/h2-5,10-11H,6H2,1H3,(H,16,17)(H,21,22)(H,18,23,24). The SMILES string of the molecule is CN1C(=O)NC(=O)C2C1N=C(Nc1ccccc1F)N2CC(=O)O. The van der Waals surface area contributed by atoms with Gasteiger partial charge in [-0.05, 0) is 12.1 Å². The van der Waals surface area contributed by atoms with Crippen molar-refractivity contribution in [2.45, 2.75) is 12.2 Å². The number of nitrogens with one attached hydrogen (secondary N) is 2. The van der Waals surface area contributed by atoms with Crippen LogP contribution in [0.3, 0.4) is 0 Å². The summed E-state index contributed by atoms with van der Waals surface area (Å²) in [5, 5.41) is 13.9. The minimum atomic E-state index is -1.19. The maximum Gasteiger partial charge on any atom is 0.325 e. The molecule has 24 heavy (non-hydrogen) atoms. The van der Waals surface area contributed by atoms with Crippen LogP contribution in [0.15, 0.2) is 29.3 Å². The van der Waals surface area contributed by atoms with Crippen LogP contribution in [0.1, 0.15) is 0 Å². The van der Waals surface area contributed by atoms with Gasteiger partial charge >= 0.3 is 12.0 Å². The number of halogens is 1. The van der Waals surface area contributed by atoms with E-state index in [9.17, 15) is 18.8 Å². The second kappa shape index (κ2) is 5.80. The van der Waals surface area contributed by atoms with Gasteiger partial charge in [0, 0.05) is 7.05 Å². The number of anilines is 1. The molecule has 0 aliphatic carbocycles. The molecule has 0 aromatic heterocycles. The van der Waals surface area contributed by atoms with Crippen LogP contribution in [-0.2, 0) is 9.59 Å². The van der Waals surface area contributed by atoms with Gasteiger partial charge < -0.3 is 20.2 Å². The average molecular weight is 335 g/mol. The van der Waals surface area contributed by atoms with Gasteiger partial charge in [-0.1, -0.05) is 12.1 Å². The fraction of sp³-hybridized carbons (Fsp3) is 0.286. The summed E-state index contributed by atoms with van der Waals surface area (Å²) in [7, 11) is 1.44. The van der Waals surface area contributed by atoms with Crippen molar-refractivity contribution < 1.29 is 23.9 Å². The Labute approximate surface area is 135 Å². The topological polar surface area (TPSA) is 114 Å². The highest BCUT2D eigenvalue weighted by molar-refractivity contribution is 6.06. The van der Waals surface area contributed by atoms with E-state index in [1.165, 1.54) is 35.0 Å². The number of fused-ring (bicyclic) bond motifs is 1. The lowest BCUT2D eigenvalue weighted by atomic mass is 10.1. The number of aliphatic imine (C=N–C) groups is 1. The Kier molecular flexibility index (Phi) is 3.80. The number of likely N-dealkylation sites (N-methyl/N-ethyl adjacent to an activating group) is 1. The Morgan fingerprint density at radius 3 is 2.79 bits per heavy atom. The quantitative estimate of drug-likeness (QED) is 0.709. The number of hydrogen-bond acceptors (Lipinski definition) is 6. The third-order valence-electron chi connectivity index (χ3n) is 3.79. The number of rotatable bonds is 3. The lowest BCUT2D eigenvalue weighted by Crippen LogP contribution is -2.64. The molecule has 2 heterocycles. The third kappa shape index (κ3) is 2.62. The molecule has 2 aliphatic heterocycles. The van der Waals surface area contributed by atoms with Gasteiger partial charge in [0.15, 0.2) is 12.2 Å². The number of benzene rings is 1. The lowest BCUT2D eigenvalue weighted by Gasteiger charge is -2.35. The van der Waals surface area contributed by atoms with Gasteiger partial charge in [-0.2, -0.15) is 0 Å². The summed E-state index contributed by atoms with van der Waals surface area (Å²) >= 11 is 0. The normalized spacial score (nSPS) is 22.8. The van der Waals surface area contributed by atoms with Gasteiger partial charge in [0.2, 0.25) is 5.96 Å². The number of nitrogens with zero attached hydrogens (tertiary/aromatic N) is 3. The summed E-state index contributed by atoms with van der Waals surface area (Å²) in [4.78, 5) is 41.6. The van der Waals surface area contributed by atoms with Crippen LogP contribution in [0.4, 0.5) is 14.9 Å². The van der Waals surface area contributed by atoms with Gasteiger partial charge in [0.05, 0.1) is 5.69 Å². The summed E-state index contributed by atoms with van der Waals surface area (Å²) < 4.78 is 13.8. The van der Waals surface area contributed by atoms with Crippen LogP contribution in [0.5, 0.6) is 0 Å². The molecule has 0 radical (unpaired) electrons. The largest absolute Gasteiger partial charge is 0.480 e. The van der Waals surface area contributed by atoms with Gasteiger partial charge in [0.25, 0.3) is 5.91 Å². The molecule has 0 saturated carbocycles. The summed E-state index contributed by atoms with van der Waals surface area (Å²) in [6.07, 6.45) is -0.889. The molecule has 0 bridgehead atoms. The molecule has 1 saturated heterocycles. The summed E-state index contributed by atoms with van der Waals surface area (Å²) in [5.41, 5.74) is 0.0830. The molecule has 1 fully saturated rings. The van der Waals surface area contributed by atoms with Crippen molar-refractivity contribution in [3.63, 3.8) is 0 Å². The number of carbonyl (C=O) groups excluding carboxylic acids is 2. The molecule has 1 aromatic carbocycles. The van der Waals surface area contributed by atoms with Crippen molar-refractivity contribution in [2.75, 3.05) is 18.9 Å². The first-order valence-corrected chi connectivity index (χ1v) is 7.04. The highest BCUT2D eigenvalue weighted by Crippen LogP contribution is 2.25. The number of para-hydroxylation sites is 1.